The van der Waals surface area contributed by atoms with Gasteiger partial charge in [0.1, 0.15) is 0 Å². The fourth-order valence-corrected chi connectivity index (χ4v) is 1.19. The Kier molecular flexibility index (Phi) is 0.886. The predicted molar refractivity (Wildman–Crippen MR) is 35.0 cm³/mol. The van der Waals surface area contributed by atoms with Crippen molar-refractivity contribution in [1.82, 2.24) is 10.9 Å². The van der Waals surface area contributed by atoms with E-state index in [2.05, 4.69) is 16.9 Å². The van der Waals surface area contributed by atoms with Crippen LogP contribution in [0.3, 0.4) is 0 Å². The van der Waals surface area contributed by atoms with Gasteiger partial charge in [-0.1, -0.05) is 12.2 Å². The van der Waals surface area contributed by atoms with E-state index in [1.807, 2.05) is 12.2 Å². The smallest absolute Gasteiger partial charge is 0.0844 e. The minimum absolute atomic E-state index is 0.0509. The topological polar surface area (TPSA) is 50.1 Å². The molecular weight excluding hydrogens is 114 g/mol. The lowest BCUT2D eigenvalue weighted by molar-refractivity contribution is 0.534. The molecule has 9 heavy (non-hydrogen) atoms. The van der Waals surface area contributed by atoms with E-state index in [9.17, 15) is 0 Å². The molecule has 2 unspecified atom stereocenters. The van der Waals surface area contributed by atoms with Crippen molar-refractivity contribution >= 4 is 0 Å². The van der Waals surface area contributed by atoms with E-state index >= 15 is 0 Å². The van der Waals surface area contributed by atoms with Crippen molar-refractivity contribution in [3.8, 4) is 0 Å². The fourth-order valence-electron chi connectivity index (χ4n) is 1.19. The number of nitrogens with one attached hydrogen (secondary N) is 2. The molecule has 0 spiro atoms. The summed E-state index contributed by atoms with van der Waals surface area (Å²) in [5, 5.41) is 0. The lowest BCUT2D eigenvalue weighted by atomic mass is 10.1. The molecule has 2 aliphatic rings. The van der Waals surface area contributed by atoms with Gasteiger partial charge < -0.3 is 11.2 Å². The molecule has 0 saturated carbocycles. The van der Waals surface area contributed by atoms with Gasteiger partial charge in [0.25, 0.3) is 0 Å². The van der Waals surface area contributed by atoms with Crippen LogP contribution in [0.4, 0.5) is 0 Å². The first-order chi connectivity index (χ1) is 4.38. The normalized spacial score (nSPS) is 38.1. The molecule has 1 heterocycles. The second kappa shape index (κ2) is 1.59. The molecule has 0 aromatic heterocycles. The zero-order valence-electron chi connectivity index (χ0n) is 4.96. The lowest BCUT2D eigenvalue weighted by Gasteiger charge is -2.04. The van der Waals surface area contributed by atoms with Crippen LogP contribution >= 0.6 is 0 Å². The van der Waals surface area contributed by atoms with Crippen LogP contribution in [0.1, 0.15) is 0 Å². The van der Waals surface area contributed by atoms with Gasteiger partial charge >= 0.3 is 0 Å². The zero-order chi connectivity index (χ0) is 6.27. The Balaban J connectivity index is 2.27. The standard InChI is InChI=1S/C6H9N3/c7-6-4-2-1-3-5(4)8-9-6/h1-4,6,8-9H,7H2. The van der Waals surface area contributed by atoms with Crippen molar-refractivity contribution in [1.29, 1.82) is 0 Å². The Morgan fingerprint density at radius 2 is 2.44 bits per heavy atom. The molecule has 0 bridgehead atoms. The molecule has 2 atom stereocenters. The van der Waals surface area contributed by atoms with E-state index in [4.69, 9.17) is 5.73 Å². The first kappa shape index (κ1) is 5.02. The summed E-state index contributed by atoms with van der Waals surface area (Å²) in [5.41, 5.74) is 12.8. The van der Waals surface area contributed by atoms with Crippen LogP contribution < -0.4 is 16.6 Å². The summed E-state index contributed by atoms with van der Waals surface area (Å²) in [4.78, 5) is 0. The third-order valence-electron chi connectivity index (χ3n) is 1.72. The van der Waals surface area contributed by atoms with Crippen LogP contribution in [-0.4, -0.2) is 6.17 Å². The second-order valence-corrected chi connectivity index (χ2v) is 2.33. The summed E-state index contributed by atoms with van der Waals surface area (Å²) in [6.45, 7) is 0. The molecule has 1 aliphatic heterocycles. The Bertz CT molecular complexity index is 183. The van der Waals surface area contributed by atoms with Crippen molar-refractivity contribution in [3.05, 3.63) is 23.9 Å². The molecule has 1 aliphatic carbocycles. The maximum absolute atomic E-state index is 5.65. The number of hydrogen-bond acceptors (Lipinski definition) is 3. The van der Waals surface area contributed by atoms with Crippen LogP contribution in [0.25, 0.3) is 0 Å². The molecule has 4 N–H and O–H groups in total. The molecule has 0 aromatic carbocycles. The largest absolute Gasteiger partial charge is 0.323 e. The number of allylic oxidation sites excluding steroid dienone is 2. The summed E-state index contributed by atoms with van der Waals surface area (Å²) < 4.78 is 0. The van der Waals surface area contributed by atoms with E-state index in [1.165, 1.54) is 5.70 Å². The van der Waals surface area contributed by atoms with Gasteiger partial charge in [0, 0.05) is 11.6 Å². The van der Waals surface area contributed by atoms with Gasteiger partial charge in [-0.2, -0.15) is 0 Å². The maximum atomic E-state index is 5.65. The van der Waals surface area contributed by atoms with Gasteiger partial charge in [-0.25, -0.2) is 5.43 Å². The molecular formula is C6H9N3. The third kappa shape index (κ3) is 0.588. The van der Waals surface area contributed by atoms with E-state index in [-0.39, 0.29) is 6.17 Å². The Morgan fingerprint density at radius 3 is 3.22 bits per heavy atom. The average molecular weight is 123 g/mol. The van der Waals surface area contributed by atoms with E-state index < -0.39 is 0 Å². The van der Waals surface area contributed by atoms with E-state index in [0.29, 0.717) is 5.92 Å². The van der Waals surface area contributed by atoms with Crippen molar-refractivity contribution in [2.75, 3.05) is 0 Å². The summed E-state index contributed by atoms with van der Waals surface area (Å²) in [5.74, 6) is 0.380. The first-order valence-corrected chi connectivity index (χ1v) is 3.03. The number of rotatable bonds is 0. The van der Waals surface area contributed by atoms with Crippen LogP contribution in [0.2, 0.25) is 0 Å². The molecule has 48 valence electrons. The highest BCUT2D eigenvalue weighted by Crippen LogP contribution is 2.21. The minimum atomic E-state index is 0.0509. The van der Waals surface area contributed by atoms with Crippen molar-refractivity contribution in [2.45, 2.75) is 6.17 Å². The van der Waals surface area contributed by atoms with E-state index in [1.54, 1.807) is 0 Å². The lowest BCUT2D eigenvalue weighted by Crippen LogP contribution is -2.38. The number of nitrogens with two attached hydrogens (primary N) is 1. The van der Waals surface area contributed by atoms with Gasteiger partial charge in [-0.15, -0.1) is 0 Å². The molecule has 0 radical (unpaired) electrons. The maximum Gasteiger partial charge on any atom is 0.0844 e. The van der Waals surface area contributed by atoms with Gasteiger partial charge in [0.2, 0.25) is 0 Å². The molecule has 0 amide bonds. The Labute approximate surface area is 53.6 Å². The minimum Gasteiger partial charge on any atom is -0.323 e. The third-order valence-corrected chi connectivity index (χ3v) is 1.72. The predicted octanol–water partition coefficient (Wildman–Crippen LogP) is -0.551. The monoisotopic (exact) mass is 123 g/mol. The van der Waals surface area contributed by atoms with Crippen molar-refractivity contribution in [3.63, 3.8) is 0 Å². The average Bonchev–Trinajstić information content (AvgIpc) is 2.35. The van der Waals surface area contributed by atoms with Gasteiger partial charge in [-0.05, 0) is 6.08 Å². The number of hydrazine groups is 1. The SMILES string of the molecule is NC1NNC2=CC=CC21. The van der Waals surface area contributed by atoms with Crippen molar-refractivity contribution in [2.24, 2.45) is 11.7 Å². The Morgan fingerprint density at radius 1 is 1.56 bits per heavy atom. The molecule has 2 rings (SSSR count). The summed E-state index contributed by atoms with van der Waals surface area (Å²) in [6.07, 6.45) is 6.19. The summed E-state index contributed by atoms with van der Waals surface area (Å²) >= 11 is 0. The van der Waals surface area contributed by atoms with Crippen molar-refractivity contribution < 1.29 is 0 Å². The fraction of sp³-hybridized carbons (Fsp3) is 0.333. The van der Waals surface area contributed by atoms with Gasteiger partial charge in [-0.3, -0.25) is 0 Å². The van der Waals surface area contributed by atoms with Crippen LogP contribution in [0.15, 0.2) is 23.9 Å². The number of fused-ring (bicyclic) bond motifs is 1. The quantitative estimate of drug-likeness (QED) is 0.405. The highest BCUT2D eigenvalue weighted by atomic mass is 15.4. The van der Waals surface area contributed by atoms with Crippen LogP contribution in [0, 0.1) is 5.92 Å². The summed E-state index contributed by atoms with van der Waals surface area (Å²) in [7, 11) is 0. The Hall–Kier alpha value is -0.800. The second-order valence-electron chi connectivity index (χ2n) is 2.33. The zero-order valence-corrected chi connectivity index (χ0v) is 4.96. The molecule has 3 heteroatoms. The summed E-state index contributed by atoms with van der Waals surface area (Å²) in [6, 6.07) is 0. The van der Waals surface area contributed by atoms with Gasteiger partial charge in [0.15, 0.2) is 0 Å². The molecule has 3 nitrogen and oxygen atoms in total. The highest BCUT2D eigenvalue weighted by Gasteiger charge is 2.27. The highest BCUT2D eigenvalue weighted by molar-refractivity contribution is 5.29. The molecule has 1 saturated heterocycles. The van der Waals surface area contributed by atoms with Crippen LogP contribution in [-0.2, 0) is 0 Å². The molecule has 0 aromatic rings. The number of hydrogen-bond donors (Lipinski definition) is 3. The van der Waals surface area contributed by atoms with Gasteiger partial charge in [0.05, 0.1) is 6.17 Å². The van der Waals surface area contributed by atoms with Crippen LogP contribution in [0.5, 0.6) is 0 Å². The molecule has 1 fully saturated rings. The first-order valence-electron chi connectivity index (χ1n) is 3.03. The van der Waals surface area contributed by atoms with E-state index in [0.717, 1.165) is 0 Å².